The van der Waals surface area contributed by atoms with Gasteiger partial charge in [-0.25, -0.2) is 0 Å². The average Bonchev–Trinajstić information content (AvgIpc) is 2.28. The lowest BCUT2D eigenvalue weighted by Gasteiger charge is -2.23. The molecule has 0 radical (unpaired) electrons. The maximum absolute atomic E-state index is 11.5. The highest BCUT2D eigenvalue weighted by Crippen LogP contribution is 2.13. The Morgan fingerprint density at radius 3 is 3.12 bits per heavy atom. The summed E-state index contributed by atoms with van der Waals surface area (Å²) >= 11 is 0. The summed E-state index contributed by atoms with van der Waals surface area (Å²) in [7, 11) is 0. The number of ether oxygens (including phenoxy) is 1. The molecule has 94 valence electrons. The molecule has 0 bridgehead atoms. The van der Waals surface area contributed by atoms with Crippen molar-refractivity contribution in [3.05, 3.63) is 0 Å². The van der Waals surface area contributed by atoms with E-state index in [1.165, 1.54) is 0 Å². The van der Waals surface area contributed by atoms with Crippen LogP contribution < -0.4 is 5.32 Å². The average molecular weight is 229 g/mol. The zero-order valence-electron chi connectivity index (χ0n) is 10.1. The third-order valence-corrected chi connectivity index (χ3v) is 2.90. The second-order valence-corrected chi connectivity index (χ2v) is 4.44. The zero-order valence-corrected chi connectivity index (χ0v) is 10.1. The first kappa shape index (κ1) is 13.6. The van der Waals surface area contributed by atoms with Gasteiger partial charge in [-0.1, -0.05) is 13.3 Å². The summed E-state index contributed by atoms with van der Waals surface area (Å²) in [5.74, 6) is 0.241. The fourth-order valence-corrected chi connectivity index (χ4v) is 1.88. The second-order valence-electron chi connectivity index (χ2n) is 4.44. The molecule has 1 aliphatic rings. The number of carbonyl (C=O) groups excluding carboxylic acids is 1. The van der Waals surface area contributed by atoms with E-state index in [1.54, 1.807) is 0 Å². The number of piperidine rings is 1. The predicted octanol–water partition coefficient (Wildman–Crippen LogP) is 0.733. The van der Waals surface area contributed by atoms with Crippen LogP contribution in [0.5, 0.6) is 0 Å². The van der Waals surface area contributed by atoms with Crippen LogP contribution in [0.2, 0.25) is 0 Å². The predicted molar refractivity (Wildman–Crippen MR) is 62.3 cm³/mol. The number of nitrogens with one attached hydrogen (secondary N) is 1. The molecule has 4 nitrogen and oxygen atoms in total. The van der Waals surface area contributed by atoms with Gasteiger partial charge in [-0.2, -0.15) is 0 Å². The summed E-state index contributed by atoms with van der Waals surface area (Å²) in [6.45, 7) is 4.63. The summed E-state index contributed by atoms with van der Waals surface area (Å²) in [5.41, 5.74) is 0. The van der Waals surface area contributed by atoms with Crippen LogP contribution in [0.4, 0.5) is 0 Å². The molecule has 16 heavy (non-hydrogen) atoms. The topological polar surface area (TPSA) is 58.6 Å². The molecule has 1 fully saturated rings. The van der Waals surface area contributed by atoms with Crippen LogP contribution in [0.1, 0.15) is 32.6 Å². The number of aliphatic hydroxyl groups excluding tert-OH is 1. The summed E-state index contributed by atoms with van der Waals surface area (Å²) in [4.78, 5) is 11.5. The standard InChI is InChI=1S/C12H23NO3/c1-2-3-6-16-9-11(14)7-10-8-13-5-4-12(10)15/h10-11,13-14H,2-9H2,1H3. The third kappa shape index (κ3) is 5.05. The van der Waals surface area contributed by atoms with Crippen LogP contribution in [0.25, 0.3) is 0 Å². The molecule has 2 atom stereocenters. The number of hydrogen-bond donors (Lipinski definition) is 2. The Morgan fingerprint density at radius 1 is 1.62 bits per heavy atom. The van der Waals surface area contributed by atoms with Gasteiger partial charge in [0.05, 0.1) is 12.7 Å². The SMILES string of the molecule is CCCCOCC(O)CC1CNCCC1=O. The highest BCUT2D eigenvalue weighted by atomic mass is 16.5. The van der Waals surface area contributed by atoms with E-state index in [9.17, 15) is 9.90 Å². The number of Topliss-reactive ketones (excluding diaryl/α,β-unsaturated/α-hetero) is 1. The number of ketones is 1. The lowest BCUT2D eigenvalue weighted by molar-refractivity contribution is -0.125. The molecule has 0 aromatic heterocycles. The van der Waals surface area contributed by atoms with Crippen LogP contribution in [-0.2, 0) is 9.53 Å². The van der Waals surface area contributed by atoms with E-state index < -0.39 is 6.10 Å². The molecule has 1 saturated heterocycles. The maximum atomic E-state index is 11.5. The van der Waals surface area contributed by atoms with Gasteiger partial charge in [0.25, 0.3) is 0 Å². The molecule has 2 N–H and O–H groups in total. The van der Waals surface area contributed by atoms with Crippen LogP contribution in [0.15, 0.2) is 0 Å². The third-order valence-electron chi connectivity index (χ3n) is 2.90. The molecule has 4 heteroatoms. The molecule has 1 aliphatic heterocycles. The number of rotatable bonds is 7. The summed E-state index contributed by atoms with van der Waals surface area (Å²) < 4.78 is 5.33. The van der Waals surface area contributed by atoms with E-state index in [2.05, 4.69) is 12.2 Å². The van der Waals surface area contributed by atoms with Gasteiger partial charge in [0.1, 0.15) is 5.78 Å². The van der Waals surface area contributed by atoms with E-state index >= 15 is 0 Å². The normalized spacial score (nSPS) is 23.4. The fourth-order valence-electron chi connectivity index (χ4n) is 1.88. The first-order valence-corrected chi connectivity index (χ1v) is 6.23. The molecule has 1 rings (SSSR count). The van der Waals surface area contributed by atoms with E-state index in [1.807, 2.05) is 0 Å². The maximum Gasteiger partial charge on any atom is 0.138 e. The molecule has 0 amide bonds. The van der Waals surface area contributed by atoms with Crippen molar-refractivity contribution in [2.75, 3.05) is 26.3 Å². The number of unbranched alkanes of at least 4 members (excludes halogenated alkanes) is 1. The quantitative estimate of drug-likeness (QED) is 0.632. The Bertz CT molecular complexity index is 208. The molecular weight excluding hydrogens is 206 g/mol. The Balaban J connectivity index is 2.12. The van der Waals surface area contributed by atoms with Crippen molar-refractivity contribution in [1.82, 2.24) is 5.32 Å². The van der Waals surface area contributed by atoms with Crippen molar-refractivity contribution in [2.24, 2.45) is 5.92 Å². The van der Waals surface area contributed by atoms with Gasteiger partial charge in [-0.3, -0.25) is 4.79 Å². The van der Waals surface area contributed by atoms with Gasteiger partial charge >= 0.3 is 0 Å². The van der Waals surface area contributed by atoms with Gasteiger partial charge in [0, 0.05) is 32.0 Å². The number of carbonyl (C=O) groups is 1. The van der Waals surface area contributed by atoms with E-state index in [0.717, 1.165) is 19.4 Å². The smallest absolute Gasteiger partial charge is 0.138 e. The lowest BCUT2D eigenvalue weighted by atomic mass is 9.92. The van der Waals surface area contributed by atoms with Gasteiger partial charge < -0.3 is 15.2 Å². The minimum Gasteiger partial charge on any atom is -0.391 e. The summed E-state index contributed by atoms with van der Waals surface area (Å²) in [6, 6.07) is 0. The highest BCUT2D eigenvalue weighted by molar-refractivity contribution is 5.82. The molecule has 1 heterocycles. The van der Waals surface area contributed by atoms with Gasteiger partial charge in [0.15, 0.2) is 0 Å². The Hall–Kier alpha value is -0.450. The molecular formula is C12H23NO3. The second kappa shape index (κ2) is 7.76. The van der Waals surface area contributed by atoms with Crippen molar-refractivity contribution in [1.29, 1.82) is 0 Å². The van der Waals surface area contributed by atoms with Crippen LogP contribution in [-0.4, -0.2) is 43.3 Å². The molecule has 0 spiro atoms. The first-order chi connectivity index (χ1) is 7.74. The molecule has 0 aromatic carbocycles. The van der Waals surface area contributed by atoms with Crippen molar-refractivity contribution in [3.63, 3.8) is 0 Å². The van der Waals surface area contributed by atoms with E-state index in [4.69, 9.17) is 4.74 Å². The summed E-state index contributed by atoms with van der Waals surface area (Å²) in [5, 5.41) is 12.9. The zero-order chi connectivity index (χ0) is 11.8. The van der Waals surface area contributed by atoms with Gasteiger partial charge in [0.2, 0.25) is 0 Å². The van der Waals surface area contributed by atoms with Crippen molar-refractivity contribution >= 4 is 5.78 Å². The monoisotopic (exact) mass is 229 g/mol. The van der Waals surface area contributed by atoms with Crippen molar-refractivity contribution in [3.8, 4) is 0 Å². The Labute approximate surface area is 97.4 Å². The van der Waals surface area contributed by atoms with Crippen LogP contribution in [0, 0.1) is 5.92 Å². The molecule has 0 saturated carbocycles. The first-order valence-electron chi connectivity index (χ1n) is 6.23. The number of aliphatic hydroxyl groups is 1. The Morgan fingerprint density at radius 2 is 2.44 bits per heavy atom. The van der Waals surface area contributed by atoms with Gasteiger partial charge in [-0.05, 0) is 12.8 Å². The minimum absolute atomic E-state index is 0.0291. The molecule has 2 unspecified atom stereocenters. The highest BCUT2D eigenvalue weighted by Gasteiger charge is 2.24. The van der Waals surface area contributed by atoms with Crippen molar-refractivity contribution in [2.45, 2.75) is 38.7 Å². The molecule has 0 aliphatic carbocycles. The summed E-state index contributed by atoms with van der Waals surface area (Å²) in [6.07, 6.45) is 2.73. The largest absolute Gasteiger partial charge is 0.391 e. The fraction of sp³-hybridized carbons (Fsp3) is 0.917. The van der Waals surface area contributed by atoms with Crippen LogP contribution >= 0.6 is 0 Å². The molecule has 0 aromatic rings. The number of hydrogen-bond acceptors (Lipinski definition) is 4. The lowest BCUT2D eigenvalue weighted by Crippen LogP contribution is -2.39. The van der Waals surface area contributed by atoms with Gasteiger partial charge in [-0.15, -0.1) is 0 Å². The van der Waals surface area contributed by atoms with E-state index in [-0.39, 0.29) is 11.7 Å². The van der Waals surface area contributed by atoms with Crippen LogP contribution in [0.3, 0.4) is 0 Å². The van der Waals surface area contributed by atoms with E-state index in [0.29, 0.717) is 32.6 Å². The minimum atomic E-state index is -0.509. The van der Waals surface area contributed by atoms with Crippen molar-refractivity contribution < 1.29 is 14.6 Å². The Kier molecular flexibility index (Phi) is 6.61.